The predicted octanol–water partition coefficient (Wildman–Crippen LogP) is 3.80. The van der Waals surface area contributed by atoms with E-state index in [-0.39, 0.29) is 29.7 Å². The van der Waals surface area contributed by atoms with Gasteiger partial charge in [-0.2, -0.15) is 0 Å². The number of aliphatic hydroxyl groups excluding tert-OH is 1. The quantitative estimate of drug-likeness (QED) is 0.169. The molecule has 4 rings (SSSR count). The first-order valence-corrected chi connectivity index (χ1v) is 15.9. The zero-order valence-electron chi connectivity index (χ0n) is 26.5. The molecule has 3 aliphatic rings. The van der Waals surface area contributed by atoms with E-state index in [0.717, 1.165) is 23.5 Å². The molecule has 1 aromatic carbocycles. The van der Waals surface area contributed by atoms with Crippen molar-refractivity contribution in [3.8, 4) is 0 Å². The van der Waals surface area contributed by atoms with Crippen molar-refractivity contribution in [2.24, 2.45) is 23.3 Å². The Kier molecular flexibility index (Phi) is 15.0. The molecule has 0 spiro atoms. The fraction of sp³-hybridized carbons (Fsp3) is 0.667. The van der Waals surface area contributed by atoms with Gasteiger partial charge in [0.05, 0.1) is 12.1 Å². The van der Waals surface area contributed by atoms with E-state index in [1.807, 2.05) is 50.3 Å². The number of nitrogens with two attached hydrogens (primary N) is 2. The molecule has 1 saturated heterocycles. The van der Waals surface area contributed by atoms with Crippen LogP contribution in [-0.2, 0) is 16.0 Å². The van der Waals surface area contributed by atoms with Crippen LogP contribution in [0.4, 0.5) is 0 Å². The zero-order chi connectivity index (χ0) is 31.2. The summed E-state index contributed by atoms with van der Waals surface area (Å²) in [6.07, 6.45) is 7.98. The summed E-state index contributed by atoms with van der Waals surface area (Å²) in [5, 5.41) is 20.8. The molecule has 9 heteroatoms. The third-order valence-corrected chi connectivity index (χ3v) is 8.27. The Morgan fingerprint density at radius 3 is 2.40 bits per heavy atom. The van der Waals surface area contributed by atoms with E-state index in [1.54, 1.807) is 9.80 Å². The van der Waals surface area contributed by atoms with Gasteiger partial charge in [0.1, 0.15) is 6.04 Å². The molecule has 1 aliphatic carbocycles. The molecule has 9 nitrogen and oxygen atoms in total. The molecular formula is C33H56N6O3. The molecule has 0 bridgehead atoms. The van der Waals surface area contributed by atoms with Crippen LogP contribution < -0.4 is 16.8 Å². The lowest BCUT2D eigenvalue weighted by Crippen LogP contribution is -2.55. The number of aliphatic hydroxyl groups is 1. The van der Waals surface area contributed by atoms with Gasteiger partial charge in [-0.15, -0.1) is 0 Å². The molecule has 2 fully saturated rings. The number of hydrogen-bond acceptors (Lipinski definition) is 5. The lowest BCUT2D eigenvalue weighted by molar-refractivity contribution is -0.142. The Bertz CT molecular complexity index is 1010. The number of likely N-dealkylation sites (tertiary alicyclic amines) is 1. The number of carbonyl (C=O) groups is 2. The standard InChI is InChI=1S/C25H36N6O3.C6H14.C2H6/c26-20(12-16-4-2-1-3-5-16)24(34)31-21-14-19(32)7-6-18(21)13-22(31)23(33)29-10-8-17-9-11-30(15-17)25(27)28;1-4-5-6(2)3;1-2/h1-5,9,18-22,32H,6-8,10-15,26H2,(H3,27,28)(H,29,33);6H,4-5H2,1-3H3;1-2H3. The molecule has 1 aromatic rings. The Balaban J connectivity index is 0.000000686. The Labute approximate surface area is 253 Å². The highest BCUT2D eigenvalue weighted by atomic mass is 16.3. The number of benzene rings is 1. The maximum absolute atomic E-state index is 13.5. The van der Waals surface area contributed by atoms with Crippen LogP contribution in [0.2, 0.25) is 0 Å². The van der Waals surface area contributed by atoms with Gasteiger partial charge < -0.3 is 31.7 Å². The van der Waals surface area contributed by atoms with Gasteiger partial charge >= 0.3 is 0 Å². The van der Waals surface area contributed by atoms with Crippen LogP contribution >= 0.6 is 0 Å². The lowest BCUT2D eigenvalue weighted by Gasteiger charge is -2.36. The van der Waals surface area contributed by atoms with Crippen molar-refractivity contribution in [1.82, 2.24) is 15.1 Å². The molecular weight excluding hydrogens is 528 g/mol. The van der Waals surface area contributed by atoms with Crippen LogP contribution in [0.5, 0.6) is 0 Å². The van der Waals surface area contributed by atoms with Crippen molar-refractivity contribution in [2.75, 3.05) is 19.6 Å². The highest BCUT2D eigenvalue weighted by Gasteiger charge is 2.49. The topological polar surface area (TPSA) is 149 Å². The number of carbonyl (C=O) groups excluding carboxylic acids is 2. The lowest BCUT2D eigenvalue weighted by atomic mass is 9.83. The highest BCUT2D eigenvalue weighted by molar-refractivity contribution is 5.91. The molecule has 1 saturated carbocycles. The average molecular weight is 585 g/mol. The van der Waals surface area contributed by atoms with Crippen LogP contribution in [0, 0.1) is 17.2 Å². The summed E-state index contributed by atoms with van der Waals surface area (Å²) in [5.74, 6) is 0.767. The number of nitrogens with one attached hydrogen (secondary N) is 2. The molecule has 42 heavy (non-hydrogen) atoms. The fourth-order valence-corrected chi connectivity index (χ4v) is 6.15. The largest absolute Gasteiger partial charge is 0.393 e. The Morgan fingerprint density at radius 2 is 1.83 bits per heavy atom. The number of hydrogen-bond donors (Lipinski definition) is 5. The number of nitrogens with zero attached hydrogens (tertiary/aromatic N) is 2. The van der Waals surface area contributed by atoms with Gasteiger partial charge in [-0.25, -0.2) is 0 Å². The predicted molar refractivity (Wildman–Crippen MR) is 171 cm³/mol. The average Bonchev–Trinajstić information content (AvgIpc) is 3.59. The van der Waals surface area contributed by atoms with Crippen LogP contribution in [0.25, 0.3) is 0 Å². The first-order chi connectivity index (χ1) is 20.1. The normalized spacial score (nSPS) is 23.6. The molecule has 2 aliphatic heterocycles. The zero-order valence-corrected chi connectivity index (χ0v) is 26.5. The Morgan fingerprint density at radius 1 is 1.14 bits per heavy atom. The van der Waals surface area contributed by atoms with Crippen LogP contribution in [0.15, 0.2) is 42.0 Å². The van der Waals surface area contributed by atoms with E-state index >= 15 is 0 Å². The van der Waals surface area contributed by atoms with Crippen molar-refractivity contribution < 1.29 is 14.7 Å². The van der Waals surface area contributed by atoms with Gasteiger partial charge in [0.25, 0.3) is 0 Å². The highest BCUT2D eigenvalue weighted by Crippen LogP contribution is 2.40. The van der Waals surface area contributed by atoms with Crippen molar-refractivity contribution in [3.05, 3.63) is 47.5 Å². The molecule has 5 unspecified atom stereocenters. The molecule has 2 heterocycles. The van der Waals surface area contributed by atoms with Crippen LogP contribution in [0.1, 0.15) is 85.1 Å². The van der Waals surface area contributed by atoms with E-state index < -0.39 is 18.2 Å². The summed E-state index contributed by atoms with van der Waals surface area (Å²) in [4.78, 5) is 30.2. The third-order valence-electron chi connectivity index (χ3n) is 8.27. The summed E-state index contributed by atoms with van der Waals surface area (Å²) in [6, 6.07) is 8.18. The van der Waals surface area contributed by atoms with Gasteiger partial charge in [0.2, 0.25) is 11.8 Å². The number of amides is 2. The van der Waals surface area contributed by atoms with Gasteiger partial charge in [-0.05, 0) is 55.9 Å². The molecule has 236 valence electrons. The minimum Gasteiger partial charge on any atom is -0.393 e. The van der Waals surface area contributed by atoms with Gasteiger partial charge in [-0.1, -0.05) is 89.4 Å². The molecule has 7 N–H and O–H groups in total. The van der Waals surface area contributed by atoms with Crippen molar-refractivity contribution in [1.29, 1.82) is 5.41 Å². The first kappa shape index (κ1) is 35.3. The van der Waals surface area contributed by atoms with Crippen molar-refractivity contribution in [3.63, 3.8) is 0 Å². The second-order valence-electron chi connectivity index (χ2n) is 11.9. The summed E-state index contributed by atoms with van der Waals surface area (Å²) in [7, 11) is 0. The maximum atomic E-state index is 13.5. The van der Waals surface area contributed by atoms with Crippen molar-refractivity contribution in [2.45, 2.75) is 110 Å². The molecule has 0 radical (unpaired) electrons. The van der Waals surface area contributed by atoms with E-state index in [2.05, 4.69) is 26.1 Å². The minimum atomic E-state index is -0.739. The molecule has 2 amide bonds. The maximum Gasteiger partial charge on any atom is 0.242 e. The van der Waals surface area contributed by atoms with E-state index in [4.69, 9.17) is 16.9 Å². The summed E-state index contributed by atoms with van der Waals surface area (Å²) < 4.78 is 0. The number of fused-ring (bicyclic) bond motifs is 1. The second-order valence-corrected chi connectivity index (χ2v) is 11.9. The molecule has 0 aromatic heterocycles. The SMILES string of the molecule is CC.CCCC(C)C.N=C(N)N1CC=C(CCNC(=O)C2CC3CCC(O)CC3N2C(=O)C(N)Cc2ccccc2)C1. The van der Waals surface area contributed by atoms with E-state index in [0.29, 0.717) is 51.7 Å². The van der Waals surface area contributed by atoms with Gasteiger partial charge in [0.15, 0.2) is 5.96 Å². The Hall–Kier alpha value is -2.91. The van der Waals surface area contributed by atoms with Gasteiger partial charge in [0, 0.05) is 25.7 Å². The van der Waals surface area contributed by atoms with E-state index in [9.17, 15) is 14.7 Å². The van der Waals surface area contributed by atoms with E-state index in [1.165, 1.54) is 12.8 Å². The monoisotopic (exact) mass is 584 g/mol. The minimum absolute atomic E-state index is 0.0482. The number of guanidine groups is 1. The molecule has 5 atom stereocenters. The summed E-state index contributed by atoms with van der Waals surface area (Å²) in [6.45, 7) is 12.4. The fourth-order valence-electron chi connectivity index (χ4n) is 6.15. The van der Waals surface area contributed by atoms with Crippen LogP contribution in [0.3, 0.4) is 0 Å². The summed E-state index contributed by atoms with van der Waals surface area (Å²) >= 11 is 0. The second kappa shape index (κ2) is 17.9. The summed E-state index contributed by atoms with van der Waals surface area (Å²) in [5.41, 5.74) is 14.0. The van der Waals surface area contributed by atoms with Gasteiger partial charge in [-0.3, -0.25) is 15.0 Å². The number of rotatable bonds is 9. The van der Waals surface area contributed by atoms with Crippen LogP contribution in [-0.4, -0.2) is 76.5 Å². The first-order valence-electron chi connectivity index (χ1n) is 15.9. The third kappa shape index (κ3) is 10.4. The smallest absolute Gasteiger partial charge is 0.242 e. The van der Waals surface area contributed by atoms with Crippen molar-refractivity contribution >= 4 is 17.8 Å².